The average molecular weight is 470 g/mol. The number of carbonyl (C=O) groups is 1. The van der Waals surface area contributed by atoms with Crippen LogP contribution in [-0.4, -0.2) is 11.1 Å². The van der Waals surface area contributed by atoms with Gasteiger partial charge in [0.15, 0.2) is 0 Å². The summed E-state index contributed by atoms with van der Waals surface area (Å²) in [6.45, 7) is 0.274. The molecule has 0 saturated heterocycles. The lowest BCUT2D eigenvalue weighted by atomic mass is 10.0. The largest absolute Gasteiger partial charge is 0.488 e. The molecular weight excluding hydrogens is 452 g/mol. The molecule has 0 amide bonds. The molecule has 0 spiro atoms. The summed E-state index contributed by atoms with van der Waals surface area (Å²) >= 11 is 12.4. The van der Waals surface area contributed by atoms with Crippen LogP contribution in [0, 0.1) is 5.82 Å². The molecule has 0 aromatic heterocycles. The van der Waals surface area contributed by atoms with Crippen molar-refractivity contribution in [1.29, 1.82) is 0 Å². The van der Waals surface area contributed by atoms with Crippen LogP contribution < -0.4 is 10.1 Å². The summed E-state index contributed by atoms with van der Waals surface area (Å²) in [6, 6.07) is 20.5. The van der Waals surface area contributed by atoms with Gasteiger partial charge in [-0.05, 0) is 47.2 Å². The fourth-order valence-corrected chi connectivity index (χ4v) is 3.83. The van der Waals surface area contributed by atoms with Crippen molar-refractivity contribution >= 4 is 45.6 Å². The molecule has 4 aromatic carbocycles. The molecule has 0 fully saturated rings. The third-order valence-electron chi connectivity index (χ3n) is 5.10. The fraction of sp³-hybridized carbons (Fsp3) is 0.0800. The molecule has 0 aliphatic carbocycles. The minimum Gasteiger partial charge on any atom is -0.488 e. The van der Waals surface area contributed by atoms with Crippen molar-refractivity contribution in [3.63, 3.8) is 0 Å². The average Bonchev–Trinajstić information content (AvgIpc) is 2.78. The summed E-state index contributed by atoms with van der Waals surface area (Å²) in [5.74, 6) is -0.920. The number of halogens is 3. The number of anilines is 1. The molecule has 0 unspecified atom stereocenters. The SMILES string of the molecule is O=C(O)c1ccc(Cl)c(NCc2c(OCc3c(F)cccc3Cl)ccc3ccccc23)c1. The molecule has 162 valence electrons. The molecule has 32 heavy (non-hydrogen) atoms. The molecule has 4 aromatic rings. The first-order chi connectivity index (χ1) is 15.4. The highest BCUT2D eigenvalue weighted by Gasteiger charge is 2.14. The quantitative estimate of drug-likeness (QED) is 0.301. The predicted octanol–water partition coefficient (Wildman–Crippen LogP) is 7.18. The van der Waals surface area contributed by atoms with Crippen molar-refractivity contribution in [3.8, 4) is 5.75 Å². The third kappa shape index (κ3) is 4.64. The first-order valence-electron chi connectivity index (χ1n) is 9.77. The number of benzene rings is 4. The fourth-order valence-electron chi connectivity index (χ4n) is 3.43. The zero-order chi connectivity index (χ0) is 22.7. The maximum absolute atomic E-state index is 14.2. The van der Waals surface area contributed by atoms with Gasteiger partial charge in [-0.15, -0.1) is 0 Å². The smallest absolute Gasteiger partial charge is 0.335 e. The summed E-state index contributed by atoms with van der Waals surface area (Å²) in [6.07, 6.45) is 0. The van der Waals surface area contributed by atoms with Gasteiger partial charge < -0.3 is 15.2 Å². The van der Waals surface area contributed by atoms with E-state index in [4.69, 9.17) is 27.9 Å². The number of ether oxygens (including phenoxy) is 1. The molecule has 0 saturated carbocycles. The Balaban J connectivity index is 1.67. The lowest BCUT2D eigenvalue weighted by molar-refractivity contribution is 0.0697. The van der Waals surface area contributed by atoms with E-state index in [1.165, 1.54) is 24.3 Å². The van der Waals surface area contributed by atoms with E-state index in [-0.39, 0.29) is 17.7 Å². The van der Waals surface area contributed by atoms with Crippen LogP contribution in [0.4, 0.5) is 10.1 Å². The Hall–Kier alpha value is -3.28. The van der Waals surface area contributed by atoms with Crippen molar-refractivity contribution in [2.24, 2.45) is 0 Å². The number of hydrogen-bond donors (Lipinski definition) is 2. The van der Waals surface area contributed by atoms with E-state index in [1.54, 1.807) is 12.1 Å². The van der Waals surface area contributed by atoms with Gasteiger partial charge in [-0.25, -0.2) is 9.18 Å². The van der Waals surface area contributed by atoms with E-state index < -0.39 is 11.8 Å². The van der Waals surface area contributed by atoms with Crippen molar-refractivity contribution in [2.45, 2.75) is 13.2 Å². The summed E-state index contributed by atoms with van der Waals surface area (Å²) in [4.78, 5) is 11.3. The number of carboxylic acids is 1. The maximum Gasteiger partial charge on any atom is 0.335 e. The predicted molar refractivity (Wildman–Crippen MR) is 125 cm³/mol. The van der Waals surface area contributed by atoms with Crippen molar-refractivity contribution in [1.82, 2.24) is 0 Å². The molecule has 0 heterocycles. The number of nitrogens with one attached hydrogen (secondary N) is 1. The molecule has 2 N–H and O–H groups in total. The summed E-state index contributed by atoms with van der Waals surface area (Å²) in [7, 11) is 0. The Morgan fingerprint density at radius 3 is 2.53 bits per heavy atom. The molecule has 0 aliphatic rings. The minimum absolute atomic E-state index is 0.0356. The number of carboxylic acid groups (broad SMARTS) is 1. The normalized spacial score (nSPS) is 10.8. The second-order valence-corrected chi connectivity index (χ2v) is 7.92. The minimum atomic E-state index is -1.04. The van der Waals surface area contributed by atoms with Gasteiger partial charge in [-0.3, -0.25) is 0 Å². The molecule has 7 heteroatoms. The molecular formula is C25H18Cl2FNO3. The van der Waals surface area contributed by atoms with Gasteiger partial charge in [0, 0.05) is 17.7 Å². The highest BCUT2D eigenvalue weighted by Crippen LogP contribution is 2.32. The molecule has 0 bridgehead atoms. The van der Waals surface area contributed by atoms with Crippen molar-refractivity contribution in [2.75, 3.05) is 5.32 Å². The van der Waals surface area contributed by atoms with Crippen LogP contribution in [0.2, 0.25) is 10.0 Å². The van der Waals surface area contributed by atoms with E-state index in [9.17, 15) is 14.3 Å². The molecule has 4 nitrogen and oxygen atoms in total. The van der Waals surface area contributed by atoms with Crippen LogP contribution in [0.5, 0.6) is 5.75 Å². The van der Waals surface area contributed by atoms with E-state index in [2.05, 4.69) is 5.32 Å². The van der Waals surface area contributed by atoms with Crippen LogP contribution in [0.1, 0.15) is 21.5 Å². The highest BCUT2D eigenvalue weighted by molar-refractivity contribution is 6.33. The monoisotopic (exact) mass is 469 g/mol. The third-order valence-corrected chi connectivity index (χ3v) is 5.78. The van der Waals surface area contributed by atoms with E-state index >= 15 is 0 Å². The Kier molecular flexibility index (Phi) is 6.49. The van der Waals surface area contributed by atoms with Crippen LogP contribution in [0.15, 0.2) is 72.8 Å². The van der Waals surface area contributed by atoms with Gasteiger partial charge in [0.05, 0.1) is 21.3 Å². The van der Waals surface area contributed by atoms with Crippen LogP contribution in [0.25, 0.3) is 10.8 Å². The van der Waals surface area contributed by atoms with E-state index in [0.717, 1.165) is 16.3 Å². The topological polar surface area (TPSA) is 58.6 Å². The molecule has 0 radical (unpaired) electrons. The first-order valence-corrected chi connectivity index (χ1v) is 10.5. The Labute approximate surface area is 194 Å². The molecule has 0 atom stereocenters. The van der Waals surface area contributed by atoms with E-state index in [1.807, 2.05) is 36.4 Å². The zero-order valence-corrected chi connectivity index (χ0v) is 18.3. The number of hydrogen-bond acceptors (Lipinski definition) is 3. The van der Waals surface area contributed by atoms with Gasteiger partial charge in [0.2, 0.25) is 0 Å². The van der Waals surface area contributed by atoms with Gasteiger partial charge in [-0.2, -0.15) is 0 Å². The highest BCUT2D eigenvalue weighted by atomic mass is 35.5. The van der Waals surface area contributed by atoms with Gasteiger partial charge in [-0.1, -0.05) is 59.6 Å². The van der Waals surface area contributed by atoms with Crippen molar-refractivity contribution in [3.05, 3.63) is 105 Å². The molecule has 4 rings (SSSR count). The summed E-state index contributed by atoms with van der Waals surface area (Å²) in [5, 5.41) is 15.1. The number of fused-ring (bicyclic) bond motifs is 1. The lowest BCUT2D eigenvalue weighted by Crippen LogP contribution is -2.07. The number of aromatic carboxylic acids is 1. The second kappa shape index (κ2) is 9.47. The standard InChI is InChI=1S/C25H18Cl2FNO3/c26-20-6-3-7-22(28)19(20)14-32-24-11-9-15-4-1-2-5-17(15)18(24)13-29-23-12-16(25(30)31)8-10-21(23)27/h1-12,29H,13-14H2,(H,30,31). The summed E-state index contributed by atoms with van der Waals surface area (Å²) < 4.78 is 20.2. The van der Waals surface area contributed by atoms with Gasteiger partial charge in [0.1, 0.15) is 18.2 Å². The zero-order valence-electron chi connectivity index (χ0n) is 16.7. The lowest BCUT2D eigenvalue weighted by Gasteiger charge is -2.17. The second-order valence-electron chi connectivity index (χ2n) is 7.11. The maximum atomic E-state index is 14.2. The van der Waals surface area contributed by atoms with Gasteiger partial charge >= 0.3 is 5.97 Å². The van der Waals surface area contributed by atoms with E-state index in [0.29, 0.717) is 28.0 Å². The summed E-state index contributed by atoms with van der Waals surface area (Å²) in [5.41, 5.74) is 1.72. The van der Waals surface area contributed by atoms with Crippen molar-refractivity contribution < 1.29 is 19.0 Å². The van der Waals surface area contributed by atoms with Crippen LogP contribution in [-0.2, 0) is 13.2 Å². The van der Waals surface area contributed by atoms with Crippen LogP contribution >= 0.6 is 23.2 Å². The Morgan fingerprint density at radius 1 is 0.938 bits per heavy atom. The number of rotatable bonds is 7. The Bertz CT molecular complexity index is 1290. The molecule has 0 aliphatic heterocycles. The first kappa shape index (κ1) is 21.9. The Morgan fingerprint density at radius 2 is 1.75 bits per heavy atom. The van der Waals surface area contributed by atoms with Crippen LogP contribution in [0.3, 0.4) is 0 Å². The van der Waals surface area contributed by atoms with Gasteiger partial charge in [0.25, 0.3) is 0 Å².